The Bertz CT molecular complexity index is 786. The average Bonchev–Trinajstić information content (AvgIpc) is 2.88. The molecule has 0 heterocycles. The Balaban J connectivity index is 2.24. The maximum atomic E-state index is 12.5. The van der Waals surface area contributed by atoms with Crippen LogP contribution < -0.4 is 0 Å². The van der Waals surface area contributed by atoms with Crippen LogP contribution in [0.15, 0.2) is 60.7 Å². The lowest BCUT2D eigenvalue weighted by Gasteiger charge is -2.38. The van der Waals surface area contributed by atoms with E-state index < -0.39 is 0 Å². The molecule has 0 fully saturated rings. The van der Waals surface area contributed by atoms with Crippen LogP contribution in [-0.4, -0.2) is 42.5 Å². The van der Waals surface area contributed by atoms with Crippen molar-refractivity contribution < 1.29 is 14.3 Å². The number of hydrogen-bond acceptors (Lipinski definition) is 4. The van der Waals surface area contributed by atoms with Gasteiger partial charge in [0.15, 0.2) is 0 Å². The van der Waals surface area contributed by atoms with Crippen LogP contribution in [0, 0.1) is 0 Å². The molecule has 4 nitrogen and oxygen atoms in total. The molecule has 34 heavy (non-hydrogen) atoms. The van der Waals surface area contributed by atoms with Crippen LogP contribution >= 0.6 is 11.6 Å². The number of ether oxygens (including phenoxy) is 2. The SMILES string of the molecule is CCCCC[C@@H](C[C@@H](CC(=O)OC)N(CCCCl)[C@@H](C)c1ccccc1)OCc1ccccc1. The van der Waals surface area contributed by atoms with Crippen molar-refractivity contribution in [3.8, 4) is 0 Å². The summed E-state index contributed by atoms with van der Waals surface area (Å²) in [5, 5.41) is 0. The summed E-state index contributed by atoms with van der Waals surface area (Å²) < 4.78 is 11.6. The highest BCUT2D eigenvalue weighted by Crippen LogP contribution is 2.28. The third kappa shape index (κ3) is 10.2. The van der Waals surface area contributed by atoms with Crippen LogP contribution in [0.1, 0.15) is 76.0 Å². The van der Waals surface area contributed by atoms with Gasteiger partial charge in [0, 0.05) is 24.5 Å². The first-order valence-corrected chi connectivity index (χ1v) is 13.2. The zero-order chi connectivity index (χ0) is 24.6. The summed E-state index contributed by atoms with van der Waals surface area (Å²) in [6.07, 6.45) is 6.52. The lowest BCUT2D eigenvalue weighted by Crippen LogP contribution is -2.42. The van der Waals surface area contributed by atoms with Crippen LogP contribution in [0.4, 0.5) is 0 Å². The number of methoxy groups -OCH3 is 1. The van der Waals surface area contributed by atoms with E-state index >= 15 is 0 Å². The van der Waals surface area contributed by atoms with Gasteiger partial charge in [-0.05, 0) is 37.3 Å². The molecule has 0 spiro atoms. The molecule has 0 saturated heterocycles. The highest BCUT2D eigenvalue weighted by atomic mass is 35.5. The number of alkyl halides is 1. The van der Waals surface area contributed by atoms with Gasteiger partial charge < -0.3 is 9.47 Å². The van der Waals surface area contributed by atoms with Gasteiger partial charge in [0.1, 0.15) is 0 Å². The fraction of sp³-hybridized carbons (Fsp3) is 0.552. The van der Waals surface area contributed by atoms with E-state index in [0.717, 1.165) is 32.2 Å². The third-order valence-corrected chi connectivity index (χ3v) is 6.69. The van der Waals surface area contributed by atoms with Gasteiger partial charge in [0.05, 0.1) is 26.2 Å². The molecule has 0 aliphatic rings. The number of nitrogens with zero attached hydrogens (tertiary/aromatic N) is 1. The Morgan fingerprint density at radius 3 is 2.29 bits per heavy atom. The van der Waals surface area contributed by atoms with E-state index in [4.69, 9.17) is 21.1 Å². The van der Waals surface area contributed by atoms with E-state index in [1.54, 1.807) is 0 Å². The van der Waals surface area contributed by atoms with Gasteiger partial charge in [-0.15, -0.1) is 11.6 Å². The number of unbranched alkanes of at least 4 members (excludes halogenated alkanes) is 2. The van der Waals surface area contributed by atoms with Crippen molar-refractivity contribution in [1.82, 2.24) is 4.90 Å². The van der Waals surface area contributed by atoms with Gasteiger partial charge in [-0.1, -0.05) is 86.8 Å². The Morgan fingerprint density at radius 1 is 1.00 bits per heavy atom. The average molecular weight is 488 g/mol. The molecule has 0 aliphatic carbocycles. The number of carbonyl (C=O) groups excluding carboxylic acids is 1. The molecule has 2 aromatic carbocycles. The van der Waals surface area contributed by atoms with Gasteiger partial charge in [0.25, 0.3) is 0 Å². The fourth-order valence-electron chi connectivity index (χ4n) is 4.45. The second kappa shape index (κ2) is 16.7. The molecule has 0 unspecified atom stereocenters. The Morgan fingerprint density at radius 2 is 1.68 bits per heavy atom. The lowest BCUT2D eigenvalue weighted by atomic mass is 9.96. The van der Waals surface area contributed by atoms with Crippen LogP contribution in [0.25, 0.3) is 0 Å². The molecular weight excluding hydrogens is 446 g/mol. The summed E-state index contributed by atoms with van der Waals surface area (Å²) in [4.78, 5) is 14.9. The Labute approximate surface area is 211 Å². The van der Waals surface area contributed by atoms with Gasteiger partial charge in [-0.3, -0.25) is 9.69 Å². The van der Waals surface area contributed by atoms with Crippen molar-refractivity contribution in [1.29, 1.82) is 0 Å². The van der Waals surface area contributed by atoms with Crippen molar-refractivity contribution >= 4 is 17.6 Å². The first kappa shape index (κ1) is 28.4. The number of esters is 1. The van der Waals surface area contributed by atoms with E-state index in [-0.39, 0.29) is 24.2 Å². The van der Waals surface area contributed by atoms with Gasteiger partial charge in [-0.2, -0.15) is 0 Å². The highest BCUT2D eigenvalue weighted by molar-refractivity contribution is 6.17. The zero-order valence-electron chi connectivity index (χ0n) is 21.1. The first-order valence-electron chi connectivity index (χ1n) is 12.7. The van der Waals surface area contributed by atoms with Crippen LogP contribution in [-0.2, 0) is 20.9 Å². The summed E-state index contributed by atoms with van der Waals surface area (Å²) in [7, 11) is 1.47. The van der Waals surface area contributed by atoms with Crippen molar-refractivity contribution in [3.63, 3.8) is 0 Å². The molecule has 0 aromatic heterocycles. The second-order valence-electron chi connectivity index (χ2n) is 8.95. The van der Waals surface area contributed by atoms with E-state index in [0.29, 0.717) is 18.9 Å². The number of halogens is 1. The molecule has 5 heteroatoms. The van der Waals surface area contributed by atoms with Crippen molar-refractivity contribution in [3.05, 3.63) is 71.8 Å². The highest BCUT2D eigenvalue weighted by Gasteiger charge is 2.29. The molecule has 0 N–H and O–H groups in total. The molecule has 3 atom stereocenters. The fourth-order valence-corrected chi connectivity index (χ4v) is 4.57. The molecule has 188 valence electrons. The maximum absolute atomic E-state index is 12.5. The monoisotopic (exact) mass is 487 g/mol. The summed E-state index contributed by atoms with van der Waals surface area (Å²) in [6, 6.07) is 20.9. The predicted octanol–water partition coefficient (Wildman–Crippen LogP) is 7.17. The molecular formula is C29H42ClNO3. The van der Waals surface area contributed by atoms with Crippen LogP contribution in [0.5, 0.6) is 0 Å². The van der Waals surface area contributed by atoms with Crippen molar-refractivity contribution in [2.75, 3.05) is 19.5 Å². The van der Waals surface area contributed by atoms with Crippen molar-refractivity contribution in [2.45, 2.75) is 83.6 Å². The summed E-state index contributed by atoms with van der Waals surface area (Å²) in [5.41, 5.74) is 2.41. The quantitative estimate of drug-likeness (QED) is 0.135. The van der Waals surface area contributed by atoms with Crippen LogP contribution in [0.3, 0.4) is 0 Å². The Hall–Kier alpha value is -1.88. The number of hydrogen-bond donors (Lipinski definition) is 0. The minimum absolute atomic E-state index is 0.00766. The molecule has 0 bridgehead atoms. The number of benzene rings is 2. The molecule has 2 rings (SSSR count). The van der Waals surface area contributed by atoms with E-state index in [1.165, 1.54) is 31.1 Å². The lowest BCUT2D eigenvalue weighted by molar-refractivity contribution is -0.142. The topological polar surface area (TPSA) is 38.8 Å². The summed E-state index contributed by atoms with van der Waals surface area (Å²) in [5.74, 6) is 0.407. The first-order chi connectivity index (χ1) is 16.6. The second-order valence-corrected chi connectivity index (χ2v) is 9.33. The van der Waals surface area contributed by atoms with E-state index in [1.807, 2.05) is 24.3 Å². The molecule has 0 aliphatic heterocycles. The third-order valence-electron chi connectivity index (χ3n) is 6.42. The van der Waals surface area contributed by atoms with Crippen molar-refractivity contribution in [2.24, 2.45) is 0 Å². The predicted molar refractivity (Wildman–Crippen MR) is 141 cm³/mol. The minimum Gasteiger partial charge on any atom is -0.469 e. The normalized spacial score (nSPS) is 14.0. The van der Waals surface area contributed by atoms with E-state index in [2.05, 4.69) is 55.1 Å². The standard InChI is InChI=1S/C29H42ClNO3/c1-4-5-8-18-28(34-23-25-14-9-6-10-15-25)21-27(22-29(32)33-3)31(20-13-19-30)24(2)26-16-11-7-12-17-26/h6-7,9-12,14-17,24,27-28H,4-5,8,13,18-23H2,1-3H3/t24-,27-,28-/m0/s1. The van der Waals surface area contributed by atoms with Gasteiger partial charge in [-0.25, -0.2) is 0 Å². The summed E-state index contributed by atoms with van der Waals surface area (Å²) >= 11 is 6.10. The summed E-state index contributed by atoms with van der Waals surface area (Å²) in [6.45, 7) is 5.83. The maximum Gasteiger partial charge on any atom is 0.307 e. The zero-order valence-corrected chi connectivity index (χ0v) is 21.9. The minimum atomic E-state index is -0.184. The number of carbonyl (C=O) groups is 1. The molecule has 2 aromatic rings. The molecule has 0 amide bonds. The molecule has 0 saturated carbocycles. The molecule has 0 radical (unpaired) electrons. The largest absolute Gasteiger partial charge is 0.469 e. The Kier molecular flexibility index (Phi) is 13.9. The van der Waals surface area contributed by atoms with E-state index in [9.17, 15) is 4.79 Å². The smallest absolute Gasteiger partial charge is 0.307 e. The van der Waals surface area contributed by atoms with Gasteiger partial charge in [0.2, 0.25) is 0 Å². The van der Waals surface area contributed by atoms with Gasteiger partial charge >= 0.3 is 5.97 Å². The van der Waals surface area contributed by atoms with Crippen LogP contribution in [0.2, 0.25) is 0 Å². The number of rotatable bonds is 17.